The fourth-order valence-corrected chi connectivity index (χ4v) is 2.19. The van der Waals surface area contributed by atoms with Crippen LogP contribution in [0.1, 0.15) is 18.9 Å². The van der Waals surface area contributed by atoms with Crippen LogP contribution in [-0.2, 0) is 10.3 Å². The van der Waals surface area contributed by atoms with Gasteiger partial charge in [-0.05, 0) is 31.5 Å². The Labute approximate surface area is 115 Å². The van der Waals surface area contributed by atoms with E-state index in [2.05, 4.69) is 10.3 Å². The van der Waals surface area contributed by atoms with Gasteiger partial charge in [-0.3, -0.25) is 10.3 Å². The lowest BCUT2D eigenvalue weighted by Crippen LogP contribution is -2.25. The third kappa shape index (κ3) is 3.05. The molecule has 0 radical (unpaired) electrons. The average molecular weight is 281 g/mol. The van der Waals surface area contributed by atoms with E-state index in [1.807, 2.05) is 0 Å². The van der Waals surface area contributed by atoms with Gasteiger partial charge in [-0.15, -0.1) is 0 Å². The lowest BCUT2D eigenvalue weighted by Gasteiger charge is -2.25. The third-order valence-corrected chi connectivity index (χ3v) is 3.17. The van der Waals surface area contributed by atoms with Crippen molar-refractivity contribution in [2.45, 2.75) is 18.9 Å². The van der Waals surface area contributed by atoms with Gasteiger partial charge < -0.3 is 15.6 Å². The summed E-state index contributed by atoms with van der Waals surface area (Å²) in [6, 6.07) is 4.01. The van der Waals surface area contributed by atoms with E-state index in [9.17, 15) is 9.18 Å². The highest BCUT2D eigenvalue weighted by Crippen LogP contribution is 2.34. The summed E-state index contributed by atoms with van der Waals surface area (Å²) in [5, 5.41) is 10.9. The van der Waals surface area contributed by atoms with Crippen LogP contribution in [0.25, 0.3) is 0 Å². The second kappa shape index (κ2) is 5.46. The van der Waals surface area contributed by atoms with Gasteiger partial charge in [0.15, 0.2) is 0 Å². The molecule has 0 bridgehead atoms. The summed E-state index contributed by atoms with van der Waals surface area (Å²) in [6.07, 6.45) is -0.749. The number of benzene rings is 1. The fourth-order valence-electron chi connectivity index (χ4n) is 2.19. The van der Waals surface area contributed by atoms with Gasteiger partial charge in [0.1, 0.15) is 18.3 Å². The Kier molecular flexibility index (Phi) is 3.89. The number of amidine groups is 1. The number of aliphatic imine (C=N–C) groups is 1. The summed E-state index contributed by atoms with van der Waals surface area (Å²) in [7, 11) is 0. The molecule has 1 aromatic rings. The van der Waals surface area contributed by atoms with Crippen LogP contribution in [-0.4, -0.2) is 30.2 Å². The van der Waals surface area contributed by atoms with Crippen molar-refractivity contribution in [2.24, 2.45) is 10.7 Å². The molecule has 6 nitrogen and oxygen atoms in total. The second-order valence-corrected chi connectivity index (χ2v) is 4.80. The summed E-state index contributed by atoms with van der Waals surface area (Å²) in [6.45, 7) is 2.36. The van der Waals surface area contributed by atoms with E-state index in [4.69, 9.17) is 15.6 Å². The zero-order chi connectivity index (χ0) is 14.8. The van der Waals surface area contributed by atoms with E-state index in [0.29, 0.717) is 18.9 Å². The zero-order valence-corrected chi connectivity index (χ0v) is 11.0. The van der Waals surface area contributed by atoms with Crippen LogP contribution in [0.2, 0.25) is 0 Å². The van der Waals surface area contributed by atoms with Crippen LogP contribution >= 0.6 is 0 Å². The molecule has 0 aromatic heterocycles. The van der Waals surface area contributed by atoms with E-state index < -0.39 is 17.4 Å². The lowest BCUT2D eigenvalue weighted by molar-refractivity contribution is 0.158. The number of rotatable bonds is 2. The van der Waals surface area contributed by atoms with Crippen molar-refractivity contribution < 1.29 is 19.0 Å². The first-order valence-electron chi connectivity index (χ1n) is 6.13. The average Bonchev–Trinajstić information content (AvgIpc) is 2.53. The monoisotopic (exact) mass is 281 g/mol. The minimum absolute atomic E-state index is 0.213. The van der Waals surface area contributed by atoms with Crippen molar-refractivity contribution in [2.75, 3.05) is 18.5 Å². The van der Waals surface area contributed by atoms with E-state index in [0.717, 1.165) is 0 Å². The first-order chi connectivity index (χ1) is 9.40. The summed E-state index contributed by atoms with van der Waals surface area (Å²) in [5.74, 6) is -0.164. The van der Waals surface area contributed by atoms with Crippen molar-refractivity contribution >= 4 is 17.6 Å². The van der Waals surface area contributed by atoms with Gasteiger partial charge in [0.05, 0.1) is 5.54 Å². The van der Waals surface area contributed by atoms with Crippen LogP contribution in [0.4, 0.5) is 14.9 Å². The molecule has 108 valence electrons. The Balaban J connectivity index is 2.44. The molecule has 20 heavy (non-hydrogen) atoms. The quantitative estimate of drug-likeness (QED) is 0.771. The molecular formula is C13H16FN3O3. The number of ether oxygens (including phenoxy) is 1. The number of hydrogen-bond acceptors (Lipinski definition) is 4. The molecule has 0 fully saturated rings. The smallest absolute Gasteiger partial charge is 0.409 e. The molecule has 1 amide bonds. The van der Waals surface area contributed by atoms with Gasteiger partial charge >= 0.3 is 6.09 Å². The number of nitrogens with two attached hydrogens (primary N) is 1. The molecule has 0 saturated heterocycles. The number of halogens is 1. The highest BCUT2D eigenvalue weighted by atomic mass is 19.1. The topological polar surface area (TPSA) is 96.9 Å². The zero-order valence-electron chi connectivity index (χ0n) is 11.0. The number of carboxylic acid groups (broad SMARTS) is 1. The Morgan fingerprint density at radius 3 is 3.05 bits per heavy atom. The van der Waals surface area contributed by atoms with Crippen LogP contribution in [0.3, 0.4) is 0 Å². The molecule has 1 heterocycles. The molecule has 1 aliphatic rings. The van der Waals surface area contributed by atoms with Crippen molar-refractivity contribution in [1.82, 2.24) is 0 Å². The Morgan fingerprint density at radius 1 is 1.60 bits per heavy atom. The maximum atomic E-state index is 14.1. The maximum Gasteiger partial charge on any atom is 0.409 e. The molecule has 7 heteroatoms. The van der Waals surface area contributed by atoms with E-state index in [1.54, 1.807) is 6.92 Å². The number of anilines is 1. The van der Waals surface area contributed by atoms with Gasteiger partial charge in [0, 0.05) is 17.9 Å². The first kappa shape index (κ1) is 14.3. The standard InChI is InChI=1S/C13H16FN3O3/c1-13(4-5-20-7-11(15)17-13)9-6-8(16-12(18)19)2-3-10(9)14/h2-3,6,16H,4-5,7H2,1H3,(H2,15,17)(H,18,19)/t13-/m0/s1. The summed E-state index contributed by atoms with van der Waals surface area (Å²) >= 11 is 0. The Morgan fingerprint density at radius 2 is 2.35 bits per heavy atom. The van der Waals surface area contributed by atoms with Gasteiger partial charge in [-0.25, -0.2) is 9.18 Å². The summed E-state index contributed by atoms with van der Waals surface area (Å²) < 4.78 is 19.3. The second-order valence-electron chi connectivity index (χ2n) is 4.80. The highest BCUT2D eigenvalue weighted by molar-refractivity contribution is 5.83. The third-order valence-electron chi connectivity index (χ3n) is 3.17. The van der Waals surface area contributed by atoms with E-state index in [-0.39, 0.29) is 17.9 Å². The molecular weight excluding hydrogens is 265 g/mol. The minimum Gasteiger partial charge on any atom is -0.465 e. The molecule has 4 N–H and O–H groups in total. The minimum atomic E-state index is -1.21. The van der Waals surface area contributed by atoms with Gasteiger partial charge in [-0.1, -0.05) is 0 Å². The predicted molar refractivity (Wildman–Crippen MR) is 72.5 cm³/mol. The number of carbonyl (C=O) groups is 1. The largest absolute Gasteiger partial charge is 0.465 e. The molecule has 1 aliphatic heterocycles. The number of amides is 1. The number of nitrogens with one attached hydrogen (secondary N) is 1. The highest BCUT2D eigenvalue weighted by Gasteiger charge is 2.31. The first-order valence-corrected chi connectivity index (χ1v) is 6.13. The van der Waals surface area contributed by atoms with Gasteiger partial charge in [-0.2, -0.15) is 0 Å². The molecule has 1 aromatic carbocycles. The van der Waals surface area contributed by atoms with Gasteiger partial charge in [0.2, 0.25) is 0 Å². The van der Waals surface area contributed by atoms with Crippen molar-refractivity contribution in [3.8, 4) is 0 Å². The van der Waals surface area contributed by atoms with Crippen molar-refractivity contribution in [3.63, 3.8) is 0 Å². The van der Waals surface area contributed by atoms with Crippen LogP contribution < -0.4 is 11.1 Å². The normalized spacial score (nSPS) is 22.8. The number of hydrogen-bond donors (Lipinski definition) is 3. The van der Waals surface area contributed by atoms with Crippen LogP contribution in [0.5, 0.6) is 0 Å². The summed E-state index contributed by atoms with van der Waals surface area (Å²) in [5.41, 5.74) is 5.41. The molecule has 0 spiro atoms. The maximum absolute atomic E-state index is 14.1. The SMILES string of the molecule is C[C@@]1(c2cc(NC(=O)O)ccc2F)CCOCC(N)=N1. The Bertz CT molecular complexity index is 562. The van der Waals surface area contributed by atoms with Crippen LogP contribution in [0, 0.1) is 5.82 Å². The molecule has 0 aliphatic carbocycles. The Hall–Kier alpha value is -2.15. The van der Waals surface area contributed by atoms with Crippen molar-refractivity contribution in [1.29, 1.82) is 0 Å². The lowest BCUT2D eigenvalue weighted by atomic mass is 9.88. The molecule has 0 unspecified atom stereocenters. The molecule has 1 atom stereocenters. The molecule has 2 rings (SSSR count). The van der Waals surface area contributed by atoms with Gasteiger partial charge in [0.25, 0.3) is 0 Å². The fraction of sp³-hybridized carbons (Fsp3) is 0.385. The predicted octanol–water partition coefficient (Wildman–Crippen LogP) is 1.91. The van der Waals surface area contributed by atoms with Crippen LogP contribution in [0.15, 0.2) is 23.2 Å². The van der Waals surface area contributed by atoms with E-state index in [1.165, 1.54) is 18.2 Å². The number of nitrogens with zero attached hydrogens (tertiary/aromatic N) is 1. The summed E-state index contributed by atoms with van der Waals surface area (Å²) in [4.78, 5) is 15.0. The van der Waals surface area contributed by atoms with E-state index >= 15 is 0 Å². The molecule has 0 saturated carbocycles. The van der Waals surface area contributed by atoms with Crippen molar-refractivity contribution in [3.05, 3.63) is 29.6 Å².